The summed E-state index contributed by atoms with van der Waals surface area (Å²) >= 11 is 5.78. The van der Waals surface area contributed by atoms with Crippen molar-refractivity contribution >= 4 is 38.3 Å². The molecule has 0 aliphatic rings. The number of imidazole rings is 1. The highest BCUT2D eigenvalue weighted by Crippen LogP contribution is 2.18. The molecule has 1 heterocycles. The minimum absolute atomic E-state index is 0.106. The predicted molar refractivity (Wildman–Crippen MR) is 83.8 cm³/mol. The summed E-state index contributed by atoms with van der Waals surface area (Å²) in [5.74, 6) is -0.106. The lowest BCUT2D eigenvalue weighted by atomic mass is 10.2. The molecule has 0 unspecified atom stereocenters. The Morgan fingerprint density at radius 1 is 1.14 bits per heavy atom. The Labute approximate surface area is 127 Å². The van der Waals surface area contributed by atoms with E-state index in [2.05, 4.69) is 14.7 Å². The summed E-state index contributed by atoms with van der Waals surface area (Å²) in [6.45, 7) is 0. The van der Waals surface area contributed by atoms with Gasteiger partial charge < -0.3 is 4.98 Å². The van der Waals surface area contributed by atoms with E-state index in [1.54, 1.807) is 48.8 Å². The molecule has 7 heteroatoms. The molecular weight excluding hydrogens is 310 g/mol. The lowest BCUT2D eigenvalue weighted by Crippen LogP contribution is -2.15. The number of aromatic nitrogens is 2. The van der Waals surface area contributed by atoms with Crippen LogP contribution in [0.4, 0.5) is 5.69 Å². The van der Waals surface area contributed by atoms with Crippen molar-refractivity contribution in [2.75, 3.05) is 4.72 Å². The number of nitrogens with zero attached hydrogens (tertiary/aromatic N) is 1. The Kier molecular flexibility index (Phi) is 3.57. The smallest absolute Gasteiger partial charge is 0.236 e. The standard InChI is InChI=1S/C14H12ClN3O2S/c15-11-3-1-10(2-4-11)8-21(19,20)18-12-5-6-13-14(7-12)17-9-16-13/h1-7,9,18H,8H2,(H,16,17). The fourth-order valence-corrected chi connectivity index (χ4v) is 3.33. The van der Waals surface area contributed by atoms with Crippen molar-refractivity contribution in [2.24, 2.45) is 0 Å². The van der Waals surface area contributed by atoms with Gasteiger partial charge in [-0.2, -0.15) is 0 Å². The summed E-state index contributed by atoms with van der Waals surface area (Å²) in [6.07, 6.45) is 1.57. The molecule has 0 bridgehead atoms. The van der Waals surface area contributed by atoms with E-state index in [-0.39, 0.29) is 5.75 Å². The number of aromatic amines is 1. The van der Waals surface area contributed by atoms with Crippen LogP contribution in [0.15, 0.2) is 48.8 Å². The molecule has 3 aromatic rings. The monoisotopic (exact) mass is 321 g/mol. The lowest BCUT2D eigenvalue weighted by Gasteiger charge is -2.08. The summed E-state index contributed by atoms with van der Waals surface area (Å²) in [5.41, 5.74) is 2.74. The van der Waals surface area contributed by atoms with Crippen molar-refractivity contribution in [3.05, 3.63) is 59.4 Å². The maximum Gasteiger partial charge on any atom is 0.236 e. The first-order chi connectivity index (χ1) is 10.0. The minimum atomic E-state index is -3.48. The Hall–Kier alpha value is -2.05. The Morgan fingerprint density at radius 2 is 1.90 bits per heavy atom. The van der Waals surface area contributed by atoms with Gasteiger partial charge in [0.05, 0.1) is 28.8 Å². The van der Waals surface area contributed by atoms with Gasteiger partial charge in [0.15, 0.2) is 0 Å². The van der Waals surface area contributed by atoms with Crippen LogP contribution in [0.25, 0.3) is 11.0 Å². The maximum absolute atomic E-state index is 12.2. The summed E-state index contributed by atoms with van der Waals surface area (Å²) < 4.78 is 26.9. The molecule has 0 saturated carbocycles. The van der Waals surface area contributed by atoms with Gasteiger partial charge >= 0.3 is 0 Å². The van der Waals surface area contributed by atoms with Crippen LogP contribution in [0.2, 0.25) is 5.02 Å². The van der Waals surface area contributed by atoms with Gasteiger partial charge in [-0.1, -0.05) is 23.7 Å². The summed E-state index contributed by atoms with van der Waals surface area (Å²) in [7, 11) is -3.48. The molecule has 0 aliphatic heterocycles. The number of fused-ring (bicyclic) bond motifs is 1. The number of anilines is 1. The first-order valence-electron chi connectivity index (χ1n) is 6.20. The van der Waals surface area contributed by atoms with E-state index in [9.17, 15) is 8.42 Å². The molecule has 21 heavy (non-hydrogen) atoms. The van der Waals surface area contributed by atoms with E-state index in [4.69, 9.17) is 11.6 Å². The molecule has 0 radical (unpaired) electrons. The topological polar surface area (TPSA) is 74.8 Å². The zero-order chi connectivity index (χ0) is 14.9. The number of hydrogen-bond acceptors (Lipinski definition) is 3. The van der Waals surface area contributed by atoms with Crippen molar-refractivity contribution in [1.82, 2.24) is 9.97 Å². The number of halogens is 1. The fraction of sp³-hybridized carbons (Fsp3) is 0.0714. The summed E-state index contributed by atoms with van der Waals surface area (Å²) in [6, 6.07) is 11.9. The molecule has 0 saturated heterocycles. The molecule has 2 aromatic carbocycles. The van der Waals surface area contributed by atoms with E-state index in [1.165, 1.54) is 0 Å². The van der Waals surface area contributed by atoms with Crippen LogP contribution in [0.3, 0.4) is 0 Å². The van der Waals surface area contributed by atoms with Crippen molar-refractivity contribution in [2.45, 2.75) is 5.75 Å². The quantitative estimate of drug-likeness (QED) is 0.775. The molecular formula is C14H12ClN3O2S. The third-order valence-corrected chi connectivity index (χ3v) is 4.48. The molecule has 3 rings (SSSR count). The first kappa shape index (κ1) is 13.9. The van der Waals surface area contributed by atoms with Gasteiger partial charge in [0.1, 0.15) is 0 Å². The number of H-pyrrole nitrogens is 1. The van der Waals surface area contributed by atoms with E-state index < -0.39 is 10.0 Å². The predicted octanol–water partition coefficient (Wildman–Crippen LogP) is 3.16. The van der Waals surface area contributed by atoms with Gasteiger partial charge in [-0.25, -0.2) is 13.4 Å². The van der Waals surface area contributed by atoms with E-state index in [1.807, 2.05) is 0 Å². The molecule has 1 aromatic heterocycles. The molecule has 0 spiro atoms. The van der Waals surface area contributed by atoms with Gasteiger partial charge in [0, 0.05) is 5.02 Å². The van der Waals surface area contributed by atoms with Crippen LogP contribution in [0.1, 0.15) is 5.56 Å². The van der Waals surface area contributed by atoms with Crippen LogP contribution in [0.5, 0.6) is 0 Å². The van der Waals surface area contributed by atoms with Crippen molar-refractivity contribution in [3.8, 4) is 0 Å². The van der Waals surface area contributed by atoms with Crippen molar-refractivity contribution in [3.63, 3.8) is 0 Å². The van der Waals surface area contributed by atoms with Crippen LogP contribution < -0.4 is 4.72 Å². The third-order valence-electron chi connectivity index (χ3n) is 2.96. The third kappa shape index (κ3) is 3.34. The average molecular weight is 322 g/mol. The van der Waals surface area contributed by atoms with Crippen LogP contribution in [-0.4, -0.2) is 18.4 Å². The highest BCUT2D eigenvalue weighted by atomic mass is 35.5. The Morgan fingerprint density at radius 3 is 2.67 bits per heavy atom. The second-order valence-electron chi connectivity index (χ2n) is 4.62. The number of rotatable bonds is 4. The van der Waals surface area contributed by atoms with Gasteiger partial charge in [-0.3, -0.25) is 4.72 Å². The number of benzene rings is 2. The molecule has 0 atom stereocenters. The normalized spacial score (nSPS) is 11.7. The SMILES string of the molecule is O=S(=O)(Cc1ccc(Cl)cc1)Nc1ccc2nc[nH]c2c1. The van der Waals surface area contributed by atoms with Gasteiger partial charge in [0.2, 0.25) is 10.0 Å². The van der Waals surface area contributed by atoms with Crippen LogP contribution in [-0.2, 0) is 15.8 Å². The zero-order valence-electron chi connectivity index (χ0n) is 10.9. The van der Waals surface area contributed by atoms with E-state index in [0.29, 0.717) is 16.3 Å². The molecule has 0 fully saturated rings. The molecule has 108 valence electrons. The largest absolute Gasteiger partial charge is 0.345 e. The van der Waals surface area contributed by atoms with Gasteiger partial charge in [0.25, 0.3) is 0 Å². The summed E-state index contributed by atoms with van der Waals surface area (Å²) in [5, 5.41) is 0.578. The molecule has 5 nitrogen and oxygen atoms in total. The number of nitrogens with one attached hydrogen (secondary N) is 2. The second kappa shape index (κ2) is 5.38. The highest BCUT2D eigenvalue weighted by molar-refractivity contribution is 7.91. The average Bonchev–Trinajstić information content (AvgIpc) is 2.88. The maximum atomic E-state index is 12.2. The molecule has 0 aliphatic carbocycles. The number of sulfonamides is 1. The molecule has 0 amide bonds. The lowest BCUT2D eigenvalue weighted by molar-refractivity contribution is 0.600. The minimum Gasteiger partial charge on any atom is -0.345 e. The fourth-order valence-electron chi connectivity index (χ4n) is 2.01. The second-order valence-corrected chi connectivity index (χ2v) is 6.78. The highest BCUT2D eigenvalue weighted by Gasteiger charge is 2.12. The zero-order valence-corrected chi connectivity index (χ0v) is 12.4. The van der Waals surface area contributed by atoms with Crippen LogP contribution >= 0.6 is 11.6 Å². The first-order valence-corrected chi connectivity index (χ1v) is 8.23. The Balaban J connectivity index is 1.80. The van der Waals surface area contributed by atoms with Crippen molar-refractivity contribution in [1.29, 1.82) is 0 Å². The Bertz CT molecular complexity index is 873. The van der Waals surface area contributed by atoms with Gasteiger partial charge in [-0.15, -0.1) is 0 Å². The van der Waals surface area contributed by atoms with Crippen LogP contribution in [0, 0.1) is 0 Å². The van der Waals surface area contributed by atoms with E-state index in [0.717, 1.165) is 11.0 Å². The summed E-state index contributed by atoms with van der Waals surface area (Å²) in [4.78, 5) is 7.03. The van der Waals surface area contributed by atoms with E-state index >= 15 is 0 Å². The molecule has 2 N–H and O–H groups in total. The van der Waals surface area contributed by atoms with Crippen molar-refractivity contribution < 1.29 is 8.42 Å². The number of hydrogen-bond donors (Lipinski definition) is 2. The van der Waals surface area contributed by atoms with Gasteiger partial charge in [-0.05, 0) is 35.9 Å².